The molecule has 1 unspecified atom stereocenters. The van der Waals surface area contributed by atoms with Gasteiger partial charge in [0.1, 0.15) is 11.6 Å². The topological polar surface area (TPSA) is 12.0 Å². The number of benzene rings is 1. The van der Waals surface area contributed by atoms with Gasteiger partial charge >= 0.3 is 0 Å². The Labute approximate surface area is 123 Å². The second-order valence-corrected chi connectivity index (χ2v) is 5.83. The lowest BCUT2D eigenvalue weighted by Gasteiger charge is -2.19. The fourth-order valence-corrected chi connectivity index (χ4v) is 3.46. The van der Waals surface area contributed by atoms with E-state index in [0.29, 0.717) is 5.56 Å². The molecule has 19 heavy (non-hydrogen) atoms. The van der Waals surface area contributed by atoms with Crippen LogP contribution in [0.5, 0.6) is 0 Å². The van der Waals surface area contributed by atoms with Crippen molar-refractivity contribution in [3.05, 3.63) is 56.2 Å². The van der Waals surface area contributed by atoms with Gasteiger partial charge in [-0.05, 0) is 58.0 Å². The Balaban J connectivity index is 2.42. The highest BCUT2D eigenvalue weighted by Gasteiger charge is 2.20. The van der Waals surface area contributed by atoms with Crippen molar-refractivity contribution in [2.75, 3.05) is 6.54 Å². The standard InChI is InChI=1S/C14H14BrF2NS/c1-2-5-18-14(11-7-19-8-12(11)15)10-6-9(16)3-4-13(10)17/h3-4,6-8,14,18H,2,5H2,1H3. The average Bonchev–Trinajstić information content (AvgIpc) is 2.80. The third-order valence-electron chi connectivity index (χ3n) is 2.82. The normalized spacial score (nSPS) is 12.6. The fourth-order valence-electron chi connectivity index (χ4n) is 1.91. The molecule has 2 rings (SSSR count). The van der Waals surface area contributed by atoms with Gasteiger partial charge in [-0.25, -0.2) is 8.78 Å². The van der Waals surface area contributed by atoms with Crippen molar-refractivity contribution in [3.8, 4) is 0 Å². The molecule has 0 saturated carbocycles. The molecule has 102 valence electrons. The molecule has 0 spiro atoms. The summed E-state index contributed by atoms with van der Waals surface area (Å²) in [6.07, 6.45) is 0.926. The van der Waals surface area contributed by atoms with E-state index in [-0.39, 0.29) is 6.04 Å². The van der Waals surface area contributed by atoms with E-state index in [4.69, 9.17) is 0 Å². The summed E-state index contributed by atoms with van der Waals surface area (Å²) in [5, 5.41) is 7.15. The van der Waals surface area contributed by atoms with Gasteiger partial charge in [-0.2, -0.15) is 11.3 Å². The molecule has 0 amide bonds. The summed E-state index contributed by atoms with van der Waals surface area (Å²) in [6.45, 7) is 2.78. The van der Waals surface area contributed by atoms with Gasteiger partial charge < -0.3 is 5.32 Å². The highest BCUT2D eigenvalue weighted by atomic mass is 79.9. The number of halogens is 3. The smallest absolute Gasteiger partial charge is 0.128 e. The molecular weight excluding hydrogens is 332 g/mol. The first-order valence-electron chi connectivity index (χ1n) is 6.03. The quantitative estimate of drug-likeness (QED) is 0.814. The molecule has 0 bridgehead atoms. The van der Waals surface area contributed by atoms with E-state index >= 15 is 0 Å². The van der Waals surface area contributed by atoms with E-state index in [9.17, 15) is 8.78 Å². The van der Waals surface area contributed by atoms with Gasteiger partial charge in [0.15, 0.2) is 0 Å². The monoisotopic (exact) mass is 345 g/mol. The lowest BCUT2D eigenvalue weighted by Crippen LogP contribution is -2.24. The van der Waals surface area contributed by atoms with Crippen molar-refractivity contribution in [2.45, 2.75) is 19.4 Å². The summed E-state index contributed by atoms with van der Waals surface area (Å²) < 4.78 is 28.2. The van der Waals surface area contributed by atoms with E-state index in [0.717, 1.165) is 29.1 Å². The van der Waals surface area contributed by atoms with Gasteiger partial charge in [-0.1, -0.05) is 6.92 Å². The fraction of sp³-hybridized carbons (Fsp3) is 0.286. The zero-order valence-corrected chi connectivity index (χ0v) is 12.8. The van der Waals surface area contributed by atoms with Crippen LogP contribution < -0.4 is 5.32 Å². The van der Waals surface area contributed by atoms with E-state index in [2.05, 4.69) is 21.2 Å². The van der Waals surface area contributed by atoms with Crippen LogP contribution in [0, 0.1) is 11.6 Å². The highest BCUT2D eigenvalue weighted by Crippen LogP contribution is 2.33. The summed E-state index contributed by atoms with van der Waals surface area (Å²) >= 11 is 4.98. The molecule has 1 atom stereocenters. The van der Waals surface area contributed by atoms with Gasteiger partial charge in [0, 0.05) is 15.4 Å². The largest absolute Gasteiger partial charge is 0.306 e. The molecule has 1 N–H and O–H groups in total. The zero-order valence-electron chi connectivity index (χ0n) is 10.4. The average molecular weight is 346 g/mol. The van der Waals surface area contributed by atoms with Crippen LogP contribution in [0.15, 0.2) is 33.4 Å². The van der Waals surface area contributed by atoms with Crippen LogP contribution in [0.1, 0.15) is 30.5 Å². The minimum absolute atomic E-state index is 0.337. The molecule has 0 fully saturated rings. The van der Waals surface area contributed by atoms with Crippen molar-refractivity contribution in [2.24, 2.45) is 0 Å². The van der Waals surface area contributed by atoms with Crippen molar-refractivity contribution in [1.82, 2.24) is 5.32 Å². The van der Waals surface area contributed by atoms with Crippen LogP contribution in [-0.2, 0) is 0 Å². The lowest BCUT2D eigenvalue weighted by molar-refractivity contribution is 0.535. The molecule has 0 aliphatic carbocycles. The number of hydrogen-bond donors (Lipinski definition) is 1. The minimum Gasteiger partial charge on any atom is -0.306 e. The second kappa shape index (κ2) is 6.59. The van der Waals surface area contributed by atoms with Crippen LogP contribution >= 0.6 is 27.3 Å². The second-order valence-electron chi connectivity index (χ2n) is 4.23. The highest BCUT2D eigenvalue weighted by molar-refractivity contribution is 9.10. The van der Waals surface area contributed by atoms with E-state index < -0.39 is 11.6 Å². The Morgan fingerprint density at radius 3 is 2.68 bits per heavy atom. The third-order valence-corrected chi connectivity index (χ3v) is 4.57. The lowest BCUT2D eigenvalue weighted by atomic mass is 10.0. The summed E-state index contributed by atoms with van der Waals surface area (Å²) in [5.41, 5.74) is 1.27. The number of rotatable bonds is 5. The summed E-state index contributed by atoms with van der Waals surface area (Å²) in [6, 6.07) is 3.23. The molecule has 2 aromatic rings. The number of thiophene rings is 1. The molecule has 1 aromatic carbocycles. The Hall–Kier alpha value is -0.780. The van der Waals surface area contributed by atoms with Crippen molar-refractivity contribution >= 4 is 27.3 Å². The van der Waals surface area contributed by atoms with Crippen molar-refractivity contribution in [1.29, 1.82) is 0 Å². The van der Waals surface area contributed by atoms with Crippen LogP contribution in [0.2, 0.25) is 0 Å². The van der Waals surface area contributed by atoms with Gasteiger partial charge in [-0.3, -0.25) is 0 Å². The first kappa shape index (κ1) is 14.6. The van der Waals surface area contributed by atoms with E-state index in [1.807, 2.05) is 17.7 Å². The Bertz CT molecular complexity index is 556. The van der Waals surface area contributed by atoms with Crippen LogP contribution in [0.3, 0.4) is 0 Å². The van der Waals surface area contributed by atoms with Crippen LogP contribution in [0.25, 0.3) is 0 Å². The summed E-state index contributed by atoms with van der Waals surface area (Å²) in [7, 11) is 0. The molecule has 0 aliphatic heterocycles. The van der Waals surface area contributed by atoms with Crippen LogP contribution in [0.4, 0.5) is 8.78 Å². The Morgan fingerprint density at radius 1 is 1.26 bits per heavy atom. The van der Waals surface area contributed by atoms with E-state index in [1.54, 1.807) is 0 Å². The molecular formula is C14H14BrF2NS. The van der Waals surface area contributed by atoms with Gasteiger partial charge in [0.25, 0.3) is 0 Å². The van der Waals surface area contributed by atoms with Gasteiger partial charge in [0.2, 0.25) is 0 Å². The maximum Gasteiger partial charge on any atom is 0.128 e. The van der Waals surface area contributed by atoms with Crippen molar-refractivity contribution < 1.29 is 8.78 Å². The van der Waals surface area contributed by atoms with E-state index in [1.165, 1.54) is 23.5 Å². The summed E-state index contributed by atoms with van der Waals surface area (Å²) in [4.78, 5) is 0. The molecule has 1 nitrogen and oxygen atoms in total. The first-order valence-corrected chi connectivity index (χ1v) is 7.77. The predicted octanol–water partition coefficient (Wildman–Crippen LogP) is 4.88. The molecule has 1 heterocycles. The maximum absolute atomic E-state index is 14.0. The number of hydrogen-bond acceptors (Lipinski definition) is 2. The Kier molecular flexibility index (Phi) is 5.07. The third kappa shape index (κ3) is 3.41. The summed E-state index contributed by atoms with van der Waals surface area (Å²) in [5.74, 6) is -0.820. The Morgan fingerprint density at radius 2 is 2.05 bits per heavy atom. The maximum atomic E-state index is 14.0. The molecule has 0 aliphatic rings. The molecule has 1 aromatic heterocycles. The zero-order chi connectivity index (χ0) is 13.8. The number of nitrogens with one attached hydrogen (secondary N) is 1. The van der Waals surface area contributed by atoms with Crippen molar-refractivity contribution in [3.63, 3.8) is 0 Å². The SMILES string of the molecule is CCCNC(c1cc(F)ccc1F)c1cscc1Br. The molecule has 0 radical (unpaired) electrons. The van der Waals surface area contributed by atoms with Gasteiger partial charge in [-0.15, -0.1) is 0 Å². The van der Waals surface area contributed by atoms with Gasteiger partial charge in [0.05, 0.1) is 6.04 Å². The molecule has 0 saturated heterocycles. The van der Waals surface area contributed by atoms with Crippen LogP contribution in [-0.4, -0.2) is 6.54 Å². The first-order chi connectivity index (χ1) is 9.13. The molecule has 5 heteroatoms. The minimum atomic E-state index is -0.425. The predicted molar refractivity (Wildman–Crippen MR) is 78.5 cm³/mol.